The van der Waals surface area contributed by atoms with E-state index in [9.17, 15) is 19.5 Å². The Labute approximate surface area is 218 Å². The van der Waals surface area contributed by atoms with Crippen LogP contribution in [0.4, 0.5) is 4.79 Å². The summed E-state index contributed by atoms with van der Waals surface area (Å²) in [6.07, 6.45) is 6.82. The molecule has 9 nitrogen and oxygen atoms in total. The van der Waals surface area contributed by atoms with Gasteiger partial charge >= 0.3 is 12.1 Å². The van der Waals surface area contributed by atoms with Gasteiger partial charge in [-0.2, -0.15) is 0 Å². The molecular weight excluding hydrogens is 476 g/mol. The average molecular weight is 515 g/mol. The summed E-state index contributed by atoms with van der Waals surface area (Å²) in [6, 6.07) is 8.06. The number of aliphatic hydroxyl groups is 1. The van der Waals surface area contributed by atoms with E-state index < -0.39 is 29.9 Å². The molecule has 0 aliphatic carbocycles. The molecule has 0 aromatic heterocycles. The van der Waals surface area contributed by atoms with Crippen molar-refractivity contribution < 1.29 is 34.1 Å². The molecule has 37 heavy (non-hydrogen) atoms. The average Bonchev–Trinajstić information content (AvgIpc) is 2.83. The van der Waals surface area contributed by atoms with Gasteiger partial charge in [-0.25, -0.2) is 9.59 Å². The maximum atomic E-state index is 13.0. The smallest absolute Gasteiger partial charge is 0.407 e. The van der Waals surface area contributed by atoms with Gasteiger partial charge in [0.1, 0.15) is 12.2 Å². The van der Waals surface area contributed by atoms with Crippen LogP contribution in [0, 0.1) is 0 Å². The number of likely N-dealkylation sites (tertiary alicyclic amines) is 1. The Morgan fingerprint density at radius 1 is 1.19 bits per heavy atom. The predicted molar refractivity (Wildman–Crippen MR) is 140 cm³/mol. The van der Waals surface area contributed by atoms with Gasteiger partial charge in [0.05, 0.1) is 6.26 Å². The number of hydrogen-bond donors (Lipinski definition) is 3. The Morgan fingerprint density at radius 3 is 2.46 bits per heavy atom. The van der Waals surface area contributed by atoms with Gasteiger partial charge in [-0.15, -0.1) is 0 Å². The number of benzene rings is 1. The number of allylic oxidation sites excluding steroid dienone is 2. The molecule has 2 rings (SSSR count). The second kappa shape index (κ2) is 13.1. The second-order valence-corrected chi connectivity index (χ2v) is 10.2. The Kier molecular flexibility index (Phi) is 10.5. The normalized spacial score (nSPS) is 16.7. The lowest BCUT2D eigenvalue weighted by molar-refractivity contribution is -0.160. The molecule has 202 valence electrons. The maximum Gasteiger partial charge on any atom is 0.407 e. The quantitative estimate of drug-likeness (QED) is 0.246. The summed E-state index contributed by atoms with van der Waals surface area (Å²) >= 11 is 0. The lowest BCUT2D eigenvalue weighted by Gasteiger charge is -2.32. The monoisotopic (exact) mass is 514 g/mol. The highest BCUT2D eigenvalue weighted by Crippen LogP contribution is 2.29. The van der Waals surface area contributed by atoms with E-state index in [1.165, 1.54) is 18.4 Å². The molecule has 1 aromatic rings. The molecule has 3 N–H and O–H groups in total. The van der Waals surface area contributed by atoms with Gasteiger partial charge in [-0.1, -0.05) is 36.9 Å². The van der Waals surface area contributed by atoms with Crippen molar-refractivity contribution in [1.82, 2.24) is 10.2 Å². The van der Waals surface area contributed by atoms with E-state index in [4.69, 9.17) is 14.6 Å². The summed E-state index contributed by atoms with van der Waals surface area (Å²) in [6.45, 7) is 11.3. The van der Waals surface area contributed by atoms with Crippen molar-refractivity contribution in [3.63, 3.8) is 0 Å². The van der Waals surface area contributed by atoms with Gasteiger partial charge in [-0.05, 0) is 69.7 Å². The Bertz CT molecular complexity index is 1030. The summed E-state index contributed by atoms with van der Waals surface area (Å²) in [5.74, 6) is -1.29. The molecule has 1 unspecified atom stereocenters. The molecule has 1 aliphatic heterocycles. The van der Waals surface area contributed by atoms with Crippen LogP contribution in [-0.4, -0.2) is 64.0 Å². The van der Waals surface area contributed by atoms with Crippen molar-refractivity contribution in [2.75, 3.05) is 19.7 Å². The summed E-state index contributed by atoms with van der Waals surface area (Å²) in [5, 5.41) is 21.4. The number of nitrogens with one attached hydrogen (secondary N) is 1. The first-order valence-corrected chi connectivity index (χ1v) is 12.2. The highest BCUT2D eigenvalue weighted by atomic mass is 16.6. The third-order valence-electron chi connectivity index (χ3n) is 5.75. The topological polar surface area (TPSA) is 125 Å². The number of piperidine rings is 1. The van der Waals surface area contributed by atoms with Gasteiger partial charge in [0.2, 0.25) is 0 Å². The zero-order chi connectivity index (χ0) is 27.6. The van der Waals surface area contributed by atoms with Gasteiger partial charge in [0, 0.05) is 25.2 Å². The molecule has 0 saturated carbocycles. The third kappa shape index (κ3) is 9.76. The Morgan fingerprint density at radius 2 is 1.86 bits per heavy atom. The fourth-order valence-corrected chi connectivity index (χ4v) is 3.76. The molecule has 1 aliphatic rings. The minimum atomic E-state index is -2.03. The van der Waals surface area contributed by atoms with Crippen molar-refractivity contribution in [3.05, 3.63) is 72.0 Å². The fraction of sp³-hybridized carbons (Fsp3) is 0.464. The third-order valence-corrected chi connectivity index (χ3v) is 5.75. The minimum Gasteiger partial charge on any atom is -0.498 e. The van der Waals surface area contributed by atoms with Crippen molar-refractivity contribution in [1.29, 1.82) is 0 Å². The number of hydrogen-bond acceptors (Lipinski definition) is 6. The zero-order valence-corrected chi connectivity index (χ0v) is 22.0. The van der Waals surface area contributed by atoms with Gasteiger partial charge in [0.15, 0.2) is 5.60 Å². The van der Waals surface area contributed by atoms with Crippen molar-refractivity contribution in [3.8, 4) is 0 Å². The van der Waals surface area contributed by atoms with Crippen LogP contribution in [0.3, 0.4) is 0 Å². The predicted octanol–water partition coefficient (Wildman–Crippen LogP) is 3.90. The van der Waals surface area contributed by atoms with Crippen molar-refractivity contribution >= 4 is 18.0 Å². The first kappa shape index (κ1) is 29.6. The number of carbonyl (C=O) groups is 3. The molecule has 0 bridgehead atoms. The van der Waals surface area contributed by atoms with Crippen LogP contribution in [-0.2, 0) is 25.6 Å². The molecular formula is C28H38N2O7. The number of nitrogens with zero attached hydrogens (tertiary/aromatic N) is 1. The van der Waals surface area contributed by atoms with Crippen molar-refractivity contribution in [2.24, 2.45) is 0 Å². The van der Waals surface area contributed by atoms with E-state index in [2.05, 4.69) is 24.0 Å². The van der Waals surface area contributed by atoms with E-state index in [1.54, 1.807) is 11.0 Å². The molecule has 1 aromatic carbocycles. The first-order valence-electron chi connectivity index (χ1n) is 12.2. The Balaban J connectivity index is 1.92. The van der Waals surface area contributed by atoms with Gasteiger partial charge < -0.3 is 29.9 Å². The van der Waals surface area contributed by atoms with E-state index >= 15 is 0 Å². The van der Waals surface area contributed by atoms with Crippen LogP contribution in [0.15, 0.2) is 60.9 Å². The number of carboxylic acids is 1. The highest BCUT2D eigenvalue weighted by molar-refractivity contribution is 5.96. The molecule has 1 atom stereocenters. The summed E-state index contributed by atoms with van der Waals surface area (Å²) in [5.41, 5.74) is -0.0936. The van der Waals surface area contributed by atoms with Crippen LogP contribution >= 0.6 is 0 Å². The lowest BCUT2D eigenvalue weighted by Crippen LogP contribution is -2.39. The van der Waals surface area contributed by atoms with Crippen LogP contribution in [0.1, 0.15) is 57.6 Å². The highest BCUT2D eigenvalue weighted by Gasteiger charge is 2.30. The number of carboxylic acid groups (broad SMARTS) is 1. The van der Waals surface area contributed by atoms with Gasteiger partial charge in [-0.3, -0.25) is 4.79 Å². The molecule has 1 fully saturated rings. The first-order chi connectivity index (χ1) is 17.3. The number of rotatable bonds is 10. The summed E-state index contributed by atoms with van der Waals surface area (Å²) in [4.78, 5) is 37.7. The van der Waals surface area contributed by atoms with Crippen LogP contribution in [0.25, 0.3) is 0 Å². The van der Waals surface area contributed by atoms with Crippen LogP contribution < -0.4 is 5.32 Å². The molecule has 1 saturated heterocycles. The standard InChI is InChI=1S/C28H38N2O7/c1-6-8-22(13-16-36-19-28(5,35)25(32)33)24(31)30-14-11-21(12-15-30)23-10-7-9-20(17-23)18-29-26(34)37-27(2,3)4/h6-10,13,16-17,21,35H,1,11-12,14-15,18-19H2,2-5H3,(H,29,34)(H,32,33). The second-order valence-electron chi connectivity index (χ2n) is 10.2. The van der Waals surface area contributed by atoms with E-state index in [0.717, 1.165) is 30.9 Å². The number of alkyl carbamates (subject to hydrolysis) is 1. The SMILES string of the molecule is C=CC=C(C=COCC(C)(O)C(=O)O)C(=O)N1CCC(c2cccc(CNC(=O)OC(C)(C)C)c2)CC1. The number of aliphatic carboxylic acids is 1. The minimum absolute atomic E-state index is 0.182. The summed E-state index contributed by atoms with van der Waals surface area (Å²) in [7, 11) is 0. The lowest BCUT2D eigenvalue weighted by atomic mass is 9.88. The molecule has 2 amide bonds. The van der Waals surface area contributed by atoms with Crippen LogP contribution in [0.2, 0.25) is 0 Å². The Hall–Kier alpha value is -3.59. The maximum absolute atomic E-state index is 13.0. The van der Waals surface area contributed by atoms with Crippen LogP contribution in [0.5, 0.6) is 0 Å². The van der Waals surface area contributed by atoms with Crippen molar-refractivity contribution in [2.45, 2.75) is 64.2 Å². The van der Waals surface area contributed by atoms with E-state index in [-0.39, 0.29) is 11.8 Å². The fourth-order valence-electron chi connectivity index (χ4n) is 3.76. The van der Waals surface area contributed by atoms with Gasteiger partial charge in [0.25, 0.3) is 5.91 Å². The molecule has 9 heteroatoms. The summed E-state index contributed by atoms with van der Waals surface area (Å²) < 4.78 is 10.4. The largest absolute Gasteiger partial charge is 0.498 e. The number of amides is 2. The molecule has 1 heterocycles. The molecule has 0 spiro atoms. The molecule has 0 radical (unpaired) electrons. The van der Waals surface area contributed by atoms with E-state index in [1.807, 2.05) is 32.9 Å². The zero-order valence-electron chi connectivity index (χ0n) is 22.0. The van der Waals surface area contributed by atoms with E-state index in [0.29, 0.717) is 25.2 Å². The number of ether oxygens (including phenoxy) is 2. The number of carbonyl (C=O) groups excluding carboxylic acids is 2.